The maximum Gasteiger partial charge on any atom is 0.433 e. The summed E-state index contributed by atoms with van der Waals surface area (Å²) in [6, 6.07) is 7.21. The highest BCUT2D eigenvalue weighted by Gasteiger charge is 2.32. The zero-order valence-corrected chi connectivity index (χ0v) is 16.0. The fourth-order valence-electron chi connectivity index (χ4n) is 3.47. The smallest absolute Gasteiger partial charge is 0.433 e. The van der Waals surface area contributed by atoms with Gasteiger partial charge in [0.2, 0.25) is 0 Å². The zero-order chi connectivity index (χ0) is 21.1. The Kier molecular flexibility index (Phi) is 5.47. The van der Waals surface area contributed by atoms with Crippen molar-refractivity contribution >= 4 is 22.8 Å². The first-order valence-corrected chi connectivity index (χ1v) is 9.55. The lowest BCUT2D eigenvalue weighted by Crippen LogP contribution is -2.41. The van der Waals surface area contributed by atoms with Crippen LogP contribution in [0.4, 0.5) is 23.8 Å². The molecule has 3 aromatic heterocycles. The lowest BCUT2D eigenvalue weighted by Gasteiger charge is -2.24. The predicted octanol–water partition coefficient (Wildman–Crippen LogP) is 3.66. The van der Waals surface area contributed by atoms with Crippen LogP contribution in [0, 0.1) is 0 Å². The Morgan fingerprint density at radius 2 is 2.00 bits per heavy atom. The third-order valence-corrected chi connectivity index (χ3v) is 4.96. The van der Waals surface area contributed by atoms with Crippen LogP contribution in [0.15, 0.2) is 47.2 Å². The molecular weight excluding hydrogens is 399 g/mol. The Balaban J connectivity index is 1.46. The molecule has 0 spiro atoms. The number of anilines is 1. The van der Waals surface area contributed by atoms with Gasteiger partial charge in [0.1, 0.15) is 17.3 Å². The number of nitrogens with zero attached hydrogens (tertiary/aromatic N) is 4. The molecule has 1 fully saturated rings. The number of urea groups is 1. The van der Waals surface area contributed by atoms with Gasteiger partial charge < -0.3 is 19.5 Å². The van der Waals surface area contributed by atoms with Gasteiger partial charge in [0.15, 0.2) is 0 Å². The molecular formula is C20H20F3N5O2. The Morgan fingerprint density at radius 1 is 1.13 bits per heavy atom. The second-order valence-corrected chi connectivity index (χ2v) is 6.96. The number of nitrogens with one attached hydrogen (secondary N) is 1. The highest BCUT2D eigenvalue weighted by atomic mass is 19.4. The first-order valence-electron chi connectivity index (χ1n) is 9.55. The molecule has 0 aromatic carbocycles. The van der Waals surface area contributed by atoms with Crippen LogP contribution in [-0.4, -0.2) is 47.1 Å². The van der Waals surface area contributed by atoms with Crippen molar-refractivity contribution in [1.29, 1.82) is 0 Å². The van der Waals surface area contributed by atoms with Crippen molar-refractivity contribution in [3.63, 3.8) is 0 Å². The van der Waals surface area contributed by atoms with E-state index in [0.29, 0.717) is 56.1 Å². The second kappa shape index (κ2) is 8.21. The minimum absolute atomic E-state index is 0.185. The van der Waals surface area contributed by atoms with Gasteiger partial charge in [-0.3, -0.25) is 0 Å². The Morgan fingerprint density at radius 3 is 2.77 bits per heavy atom. The number of carbonyl (C=O) groups excluding carboxylic acids is 1. The van der Waals surface area contributed by atoms with Crippen LogP contribution in [0.1, 0.15) is 17.9 Å². The van der Waals surface area contributed by atoms with Crippen LogP contribution >= 0.6 is 0 Å². The summed E-state index contributed by atoms with van der Waals surface area (Å²) in [6.45, 7) is 2.50. The van der Waals surface area contributed by atoms with Crippen LogP contribution in [0.2, 0.25) is 0 Å². The molecule has 1 N–H and O–H groups in total. The van der Waals surface area contributed by atoms with E-state index in [9.17, 15) is 18.0 Å². The first kappa shape index (κ1) is 20.0. The van der Waals surface area contributed by atoms with Crippen molar-refractivity contribution in [2.75, 3.05) is 31.1 Å². The fourth-order valence-corrected chi connectivity index (χ4v) is 3.47. The molecule has 0 atom stereocenters. The van der Waals surface area contributed by atoms with Gasteiger partial charge in [0.05, 0.1) is 18.3 Å². The molecule has 0 unspecified atom stereocenters. The number of amides is 2. The van der Waals surface area contributed by atoms with E-state index in [0.717, 1.165) is 6.07 Å². The summed E-state index contributed by atoms with van der Waals surface area (Å²) in [6.07, 6.45) is -0.775. The van der Waals surface area contributed by atoms with Gasteiger partial charge in [-0.15, -0.1) is 0 Å². The number of fused-ring (bicyclic) bond motifs is 1. The van der Waals surface area contributed by atoms with Crippen molar-refractivity contribution in [3.05, 3.63) is 54.2 Å². The summed E-state index contributed by atoms with van der Waals surface area (Å²) in [5.41, 5.74) is -0.686. The van der Waals surface area contributed by atoms with Crippen molar-refractivity contribution in [3.8, 4) is 0 Å². The second-order valence-electron chi connectivity index (χ2n) is 6.96. The molecule has 1 aliphatic heterocycles. The number of carbonyl (C=O) groups is 1. The van der Waals surface area contributed by atoms with Gasteiger partial charge in [-0.05, 0) is 36.8 Å². The highest BCUT2D eigenvalue weighted by molar-refractivity contribution is 5.89. The quantitative estimate of drug-likeness (QED) is 0.701. The summed E-state index contributed by atoms with van der Waals surface area (Å²) in [7, 11) is 0. The average Bonchev–Trinajstić information content (AvgIpc) is 3.13. The molecule has 0 radical (unpaired) electrons. The van der Waals surface area contributed by atoms with E-state index < -0.39 is 11.9 Å². The number of furan rings is 1. The van der Waals surface area contributed by atoms with Crippen molar-refractivity contribution < 1.29 is 22.4 Å². The predicted molar refractivity (Wildman–Crippen MR) is 104 cm³/mol. The van der Waals surface area contributed by atoms with Crippen molar-refractivity contribution in [2.24, 2.45) is 0 Å². The molecule has 0 bridgehead atoms. The Labute approximate surface area is 170 Å². The van der Waals surface area contributed by atoms with E-state index in [1.165, 1.54) is 18.3 Å². The molecule has 4 heterocycles. The van der Waals surface area contributed by atoms with Crippen LogP contribution in [0.5, 0.6) is 0 Å². The summed E-state index contributed by atoms with van der Waals surface area (Å²) in [5.74, 6) is 1.25. The average molecular weight is 419 g/mol. The maximum atomic E-state index is 13.0. The number of hydrogen-bond acceptors (Lipinski definition) is 5. The van der Waals surface area contributed by atoms with Gasteiger partial charge in [-0.1, -0.05) is 0 Å². The van der Waals surface area contributed by atoms with Gasteiger partial charge in [0.25, 0.3) is 0 Å². The number of pyridine rings is 2. The molecule has 4 rings (SSSR count). The van der Waals surface area contributed by atoms with Gasteiger partial charge in [0, 0.05) is 37.8 Å². The topological polar surface area (TPSA) is 74.5 Å². The third-order valence-electron chi connectivity index (χ3n) is 4.96. The fraction of sp³-hybridized carbons (Fsp3) is 0.350. The largest absolute Gasteiger partial charge is 0.467 e. The molecule has 1 aliphatic rings. The zero-order valence-electron chi connectivity index (χ0n) is 16.0. The standard InChI is InChI=1S/C20H20F3N5O2/c21-20(22,23)17-5-4-15-16(26-17)6-7-24-18(15)27-8-2-9-28(11-10-27)19(29)25-13-14-3-1-12-30-14/h1,3-7,12H,2,8-11,13H2,(H,25,29). The van der Waals surface area contributed by atoms with E-state index in [1.54, 1.807) is 23.3 Å². The lowest BCUT2D eigenvalue weighted by molar-refractivity contribution is -0.140. The van der Waals surface area contributed by atoms with Crippen LogP contribution in [0.3, 0.4) is 0 Å². The van der Waals surface area contributed by atoms with E-state index in [2.05, 4.69) is 15.3 Å². The molecule has 158 valence electrons. The molecule has 10 heteroatoms. The van der Waals surface area contributed by atoms with Crippen LogP contribution in [0.25, 0.3) is 10.9 Å². The summed E-state index contributed by atoms with van der Waals surface area (Å²) >= 11 is 0. The van der Waals surface area contributed by atoms with Gasteiger partial charge >= 0.3 is 12.2 Å². The van der Waals surface area contributed by atoms with Crippen LogP contribution in [-0.2, 0) is 12.7 Å². The highest BCUT2D eigenvalue weighted by Crippen LogP contribution is 2.31. The van der Waals surface area contributed by atoms with Crippen LogP contribution < -0.4 is 10.2 Å². The van der Waals surface area contributed by atoms with E-state index >= 15 is 0 Å². The molecule has 3 aromatic rings. The van der Waals surface area contributed by atoms with Gasteiger partial charge in [-0.25, -0.2) is 14.8 Å². The monoisotopic (exact) mass is 419 g/mol. The normalized spacial score (nSPS) is 15.3. The Bertz CT molecular complexity index is 1020. The van der Waals surface area contributed by atoms with Crippen molar-refractivity contribution in [2.45, 2.75) is 19.1 Å². The van der Waals surface area contributed by atoms with E-state index in [-0.39, 0.29) is 11.5 Å². The summed E-state index contributed by atoms with van der Waals surface area (Å²) in [5, 5.41) is 3.39. The minimum Gasteiger partial charge on any atom is -0.467 e. The lowest BCUT2D eigenvalue weighted by atomic mass is 10.2. The third kappa shape index (κ3) is 4.32. The van der Waals surface area contributed by atoms with Crippen molar-refractivity contribution in [1.82, 2.24) is 20.2 Å². The number of aromatic nitrogens is 2. The molecule has 7 nitrogen and oxygen atoms in total. The molecule has 2 amide bonds. The SMILES string of the molecule is O=C(NCc1ccco1)N1CCCN(c2nccc3nc(C(F)(F)F)ccc23)CC1. The molecule has 30 heavy (non-hydrogen) atoms. The van der Waals surface area contributed by atoms with E-state index in [4.69, 9.17) is 4.42 Å². The van der Waals surface area contributed by atoms with Gasteiger partial charge in [-0.2, -0.15) is 13.2 Å². The Hall–Kier alpha value is -3.30. The number of rotatable bonds is 3. The minimum atomic E-state index is -4.50. The molecule has 1 saturated heterocycles. The van der Waals surface area contributed by atoms with E-state index in [1.807, 2.05) is 4.90 Å². The molecule has 0 aliphatic carbocycles. The number of hydrogen-bond donors (Lipinski definition) is 1. The number of halogens is 3. The maximum absolute atomic E-state index is 13.0. The first-order chi connectivity index (χ1) is 14.4. The summed E-state index contributed by atoms with van der Waals surface area (Å²) in [4.78, 5) is 24.3. The molecule has 0 saturated carbocycles. The summed E-state index contributed by atoms with van der Waals surface area (Å²) < 4.78 is 44.1. The number of alkyl halides is 3.